The van der Waals surface area contributed by atoms with Gasteiger partial charge in [0.05, 0.1) is 18.4 Å². The number of benzene rings is 2. The molecule has 0 amide bonds. The van der Waals surface area contributed by atoms with Crippen LogP contribution in [-0.2, 0) is 6.54 Å². The Hall–Kier alpha value is -4.21. The molecule has 2 aromatic carbocycles. The molecular formula is C20H13F2N7O. The van der Waals surface area contributed by atoms with Crippen LogP contribution >= 0.6 is 0 Å². The molecule has 0 atom stereocenters. The number of halogens is 2. The Bertz CT molecular complexity index is 1420. The number of fused-ring (bicyclic) bond motifs is 1. The van der Waals surface area contributed by atoms with Gasteiger partial charge in [0.25, 0.3) is 5.56 Å². The normalized spacial score (nSPS) is 11.3. The molecule has 0 aliphatic rings. The summed E-state index contributed by atoms with van der Waals surface area (Å²) < 4.78 is 31.0. The lowest BCUT2D eigenvalue weighted by Crippen LogP contribution is -2.25. The van der Waals surface area contributed by atoms with Crippen LogP contribution in [0.2, 0.25) is 0 Å². The maximum absolute atomic E-state index is 13.9. The topological polar surface area (TPSA) is 82.9 Å². The standard InChI is InChI=1S/C20H13F2N7O/c21-14-7-5-13(6-8-14)17-9-19-20(30)28(23-12-29(19)25-17)11-15-10-27(26-24-15)18-4-2-1-3-16(18)22/h1-10,12H,11H2. The van der Waals surface area contributed by atoms with E-state index in [1.54, 1.807) is 36.4 Å². The summed E-state index contributed by atoms with van der Waals surface area (Å²) in [4.78, 5) is 12.8. The molecule has 10 heteroatoms. The van der Waals surface area contributed by atoms with Crippen LogP contribution < -0.4 is 5.56 Å². The van der Waals surface area contributed by atoms with Gasteiger partial charge in [-0.1, -0.05) is 17.3 Å². The van der Waals surface area contributed by atoms with Gasteiger partial charge in [0.15, 0.2) is 0 Å². The Morgan fingerprint density at radius 3 is 2.60 bits per heavy atom. The molecule has 5 aromatic rings. The number of para-hydroxylation sites is 1. The zero-order chi connectivity index (χ0) is 20.7. The summed E-state index contributed by atoms with van der Waals surface area (Å²) in [5, 5.41) is 16.4. The first-order valence-electron chi connectivity index (χ1n) is 8.96. The largest absolute Gasteiger partial charge is 0.293 e. The van der Waals surface area contributed by atoms with Gasteiger partial charge < -0.3 is 0 Å². The monoisotopic (exact) mass is 405 g/mol. The third kappa shape index (κ3) is 3.13. The van der Waals surface area contributed by atoms with E-state index in [2.05, 4.69) is 20.5 Å². The predicted octanol–water partition coefficient (Wildman–Crippen LogP) is 2.47. The third-order valence-electron chi connectivity index (χ3n) is 4.58. The van der Waals surface area contributed by atoms with Crippen LogP contribution in [0.3, 0.4) is 0 Å². The first-order valence-corrected chi connectivity index (χ1v) is 8.96. The van der Waals surface area contributed by atoms with E-state index in [4.69, 9.17) is 0 Å². The Balaban J connectivity index is 1.47. The van der Waals surface area contributed by atoms with Gasteiger partial charge in [0, 0.05) is 5.56 Å². The Kier molecular flexibility index (Phi) is 4.16. The molecule has 0 unspecified atom stereocenters. The van der Waals surface area contributed by atoms with E-state index in [-0.39, 0.29) is 23.6 Å². The molecule has 0 N–H and O–H groups in total. The molecule has 0 fully saturated rings. The van der Waals surface area contributed by atoms with E-state index in [9.17, 15) is 13.6 Å². The fraction of sp³-hybridized carbons (Fsp3) is 0.0500. The van der Waals surface area contributed by atoms with Crippen LogP contribution in [0, 0.1) is 11.6 Å². The molecule has 3 heterocycles. The molecule has 3 aromatic heterocycles. The molecular weight excluding hydrogens is 392 g/mol. The fourth-order valence-corrected chi connectivity index (χ4v) is 3.09. The highest BCUT2D eigenvalue weighted by molar-refractivity contribution is 5.65. The van der Waals surface area contributed by atoms with E-state index in [0.29, 0.717) is 22.5 Å². The van der Waals surface area contributed by atoms with Crippen molar-refractivity contribution in [3.63, 3.8) is 0 Å². The lowest BCUT2D eigenvalue weighted by Gasteiger charge is -2.02. The van der Waals surface area contributed by atoms with Gasteiger partial charge in [-0.05, 0) is 42.5 Å². The summed E-state index contributed by atoms with van der Waals surface area (Å²) in [7, 11) is 0. The fourth-order valence-electron chi connectivity index (χ4n) is 3.09. The Labute approximate surface area is 167 Å². The minimum absolute atomic E-state index is 0.0564. The van der Waals surface area contributed by atoms with Crippen LogP contribution in [0.25, 0.3) is 22.5 Å². The smallest absolute Gasteiger partial charge is 0.265 e. The Morgan fingerprint density at radius 1 is 1.00 bits per heavy atom. The molecule has 0 saturated heterocycles. The van der Waals surface area contributed by atoms with Crippen LogP contribution in [0.15, 0.2) is 71.9 Å². The molecule has 0 bridgehead atoms. The highest BCUT2D eigenvalue weighted by Crippen LogP contribution is 2.18. The summed E-state index contributed by atoms with van der Waals surface area (Å²) in [5.74, 6) is -0.784. The van der Waals surface area contributed by atoms with Crippen molar-refractivity contribution in [2.45, 2.75) is 6.54 Å². The van der Waals surface area contributed by atoms with Gasteiger partial charge >= 0.3 is 0 Å². The van der Waals surface area contributed by atoms with Gasteiger partial charge in [0.2, 0.25) is 0 Å². The molecule has 0 aliphatic carbocycles. The molecule has 30 heavy (non-hydrogen) atoms. The number of nitrogens with zero attached hydrogens (tertiary/aromatic N) is 7. The number of rotatable bonds is 4. The SMILES string of the molecule is O=c1c2cc(-c3ccc(F)cc3)nn2cnn1Cc1cn(-c2ccccc2F)nn1. The lowest BCUT2D eigenvalue weighted by molar-refractivity contribution is 0.605. The van der Waals surface area contributed by atoms with Crippen LogP contribution in [0.5, 0.6) is 0 Å². The van der Waals surface area contributed by atoms with Crippen molar-refractivity contribution < 1.29 is 8.78 Å². The van der Waals surface area contributed by atoms with Crippen molar-refractivity contribution in [1.29, 1.82) is 0 Å². The van der Waals surface area contributed by atoms with E-state index in [0.717, 1.165) is 0 Å². The average Bonchev–Trinajstić information content (AvgIpc) is 3.39. The van der Waals surface area contributed by atoms with Crippen LogP contribution in [-0.4, -0.2) is 34.4 Å². The second-order valence-electron chi connectivity index (χ2n) is 6.57. The van der Waals surface area contributed by atoms with Gasteiger partial charge in [-0.25, -0.2) is 22.7 Å². The number of hydrogen-bond donors (Lipinski definition) is 0. The van der Waals surface area contributed by atoms with E-state index in [1.165, 1.54) is 44.6 Å². The average molecular weight is 405 g/mol. The van der Waals surface area contributed by atoms with Crippen LogP contribution in [0.4, 0.5) is 8.78 Å². The summed E-state index contributed by atoms with van der Waals surface area (Å²) in [5.41, 5.74) is 1.84. The first kappa shape index (κ1) is 17.9. The minimum Gasteiger partial charge on any atom is -0.265 e. The lowest BCUT2D eigenvalue weighted by atomic mass is 10.1. The Morgan fingerprint density at radius 2 is 1.80 bits per heavy atom. The first-order chi connectivity index (χ1) is 14.6. The maximum atomic E-state index is 13.9. The number of hydrogen-bond acceptors (Lipinski definition) is 5. The van der Waals surface area contributed by atoms with Crippen molar-refractivity contribution in [1.82, 2.24) is 34.4 Å². The second-order valence-corrected chi connectivity index (χ2v) is 6.57. The molecule has 0 saturated carbocycles. The van der Waals surface area contributed by atoms with E-state index >= 15 is 0 Å². The zero-order valence-corrected chi connectivity index (χ0v) is 15.4. The zero-order valence-electron chi connectivity index (χ0n) is 15.4. The quantitative estimate of drug-likeness (QED) is 0.459. The van der Waals surface area contributed by atoms with Crippen molar-refractivity contribution in [3.8, 4) is 16.9 Å². The molecule has 148 valence electrons. The molecule has 0 spiro atoms. The van der Waals surface area contributed by atoms with Crippen LogP contribution in [0.1, 0.15) is 5.69 Å². The van der Waals surface area contributed by atoms with E-state index in [1.807, 2.05) is 0 Å². The van der Waals surface area contributed by atoms with Gasteiger partial charge in [0.1, 0.15) is 34.9 Å². The van der Waals surface area contributed by atoms with E-state index < -0.39 is 5.82 Å². The van der Waals surface area contributed by atoms with Crippen molar-refractivity contribution in [3.05, 3.63) is 94.8 Å². The number of aromatic nitrogens is 7. The van der Waals surface area contributed by atoms with Gasteiger partial charge in [-0.15, -0.1) is 5.10 Å². The molecule has 0 radical (unpaired) electrons. The molecule has 8 nitrogen and oxygen atoms in total. The molecule has 0 aliphatic heterocycles. The predicted molar refractivity (Wildman–Crippen MR) is 103 cm³/mol. The highest BCUT2D eigenvalue weighted by atomic mass is 19.1. The second kappa shape index (κ2) is 6.99. The highest BCUT2D eigenvalue weighted by Gasteiger charge is 2.13. The minimum atomic E-state index is -0.432. The van der Waals surface area contributed by atoms with Crippen molar-refractivity contribution in [2.24, 2.45) is 0 Å². The summed E-state index contributed by atoms with van der Waals surface area (Å²) in [6.07, 6.45) is 2.95. The summed E-state index contributed by atoms with van der Waals surface area (Å²) in [6.45, 7) is 0.0564. The van der Waals surface area contributed by atoms with Crippen molar-refractivity contribution >= 4 is 5.52 Å². The summed E-state index contributed by atoms with van der Waals surface area (Å²) >= 11 is 0. The van der Waals surface area contributed by atoms with Crippen molar-refractivity contribution in [2.75, 3.05) is 0 Å². The van der Waals surface area contributed by atoms with Gasteiger partial charge in [-0.3, -0.25) is 4.79 Å². The maximum Gasteiger partial charge on any atom is 0.293 e. The summed E-state index contributed by atoms with van der Waals surface area (Å²) in [6, 6.07) is 13.6. The third-order valence-corrected chi connectivity index (χ3v) is 4.58. The van der Waals surface area contributed by atoms with Gasteiger partial charge in [-0.2, -0.15) is 10.2 Å². The molecule has 5 rings (SSSR count).